The Hall–Kier alpha value is -1.10. The second-order valence-corrected chi connectivity index (χ2v) is 4.10. The third-order valence-electron chi connectivity index (χ3n) is 1.61. The number of hydrogen-bond acceptors (Lipinski definition) is 3. The molecular formula is C8H11NO3S. The number of rotatable bonds is 3. The third kappa shape index (κ3) is 2.42. The van der Waals surface area contributed by atoms with Crippen LogP contribution in [0.25, 0.3) is 0 Å². The lowest BCUT2D eigenvalue weighted by Crippen LogP contribution is -2.05. The molecule has 13 heavy (non-hydrogen) atoms. The van der Waals surface area contributed by atoms with Crippen molar-refractivity contribution in [3.63, 3.8) is 0 Å². The lowest BCUT2D eigenvalue weighted by Gasteiger charge is -2.02. The van der Waals surface area contributed by atoms with Gasteiger partial charge in [0, 0.05) is 10.6 Å². The molecule has 0 amide bonds. The quantitative estimate of drug-likeness (QED) is 0.771. The molecule has 5 heteroatoms. The van der Waals surface area contributed by atoms with E-state index in [4.69, 9.17) is 5.11 Å². The Bertz CT molecular complexity index is 364. The summed E-state index contributed by atoms with van der Waals surface area (Å²) in [4.78, 5) is 24.6. The minimum atomic E-state index is -0.920. The van der Waals surface area contributed by atoms with E-state index in [0.717, 1.165) is 16.2 Å². The maximum Gasteiger partial charge on any atom is 0.309 e. The van der Waals surface area contributed by atoms with Gasteiger partial charge in [-0.25, -0.2) is 0 Å². The van der Waals surface area contributed by atoms with E-state index in [1.807, 2.05) is 13.8 Å². The van der Waals surface area contributed by atoms with Gasteiger partial charge in [-0.2, -0.15) is 0 Å². The first kappa shape index (κ1) is 9.98. The Morgan fingerprint density at radius 3 is 2.69 bits per heavy atom. The Morgan fingerprint density at radius 2 is 2.23 bits per heavy atom. The summed E-state index contributed by atoms with van der Waals surface area (Å²) in [5.41, 5.74) is 0.539. The van der Waals surface area contributed by atoms with Gasteiger partial charge < -0.3 is 10.1 Å². The summed E-state index contributed by atoms with van der Waals surface area (Å²) in [6.07, 6.45) is -0.105. The molecule has 0 radical (unpaired) electrons. The molecule has 0 aliphatic carbocycles. The predicted molar refractivity (Wildman–Crippen MR) is 50.4 cm³/mol. The molecule has 0 saturated carbocycles. The van der Waals surface area contributed by atoms with Crippen molar-refractivity contribution >= 4 is 17.3 Å². The summed E-state index contributed by atoms with van der Waals surface area (Å²) in [6, 6.07) is 0. The van der Waals surface area contributed by atoms with Crippen LogP contribution in [0.4, 0.5) is 0 Å². The zero-order valence-electron chi connectivity index (χ0n) is 7.46. The van der Waals surface area contributed by atoms with Crippen molar-refractivity contribution in [2.75, 3.05) is 0 Å². The zero-order valence-corrected chi connectivity index (χ0v) is 8.27. The molecule has 0 aromatic carbocycles. The number of nitrogens with one attached hydrogen (secondary N) is 1. The van der Waals surface area contributed by atoms with E-state index in [2.05, 4.69) is 4.98 Å². The Balaban J connectivity index is 3.04. The molecular weight excluding hydrogens is 190 g/mol. The minimum absolute atomic E-state index is 0.105. The van der Waals surface area contributed by atoms with Crippen LogP contribution in [-0.2, 0) is 11.2 Å². The van der Waals surface area contributed by atoms with Gasteiger partial charge in [0.2, 0.25) is 0 Å². The first-order valence-electron chi connectivity index (χ1n) is 3.94. The van der Waals surface area contributed by atoms with Crippen LogP contribution in [0.5, 0.6) is 0 Å². The summed E-state index contributed by atoms with van der Waals surface area (Å²) < 4.78 is 0. The molecule has 0 unspecified atom stereocenters. The van der Waals surface area contributed by atoms with Crippen LogP contribution in [0.3, 0.4) is 0 Å². The van der Waals surface area contributed by atoms with E-state index < -0.39 is 5.97 Å². The van der Waals surface area contributed by atoms with Gasteiger partial charge >= 0.3 is 10.8 Å². The number of aromatic amines is 1. The van der Waals surface area contributed by atoms with Crippen LogP contribution in [0.1, 0.15) is 30.3 Å². The Kier molecular flexibility index (Phi) is 2.87. The average Bonchev–Trinajstić information content (AvgIpc) is 2.29. The van der Waals surface area contributed by atoms with E-state index in [1.165, 1.54) is 0 Å². The highest BCUT2D eigenvalue weighted by Gasteiger charge is 2.13. The van der Waals surface area contributed by atoms with Gasteiger partial charge in [0.25, 0.3) is 0 Å². The topological polar surface area (TPSA) is 70.2 Å². The molecule has 2 N–H and O–H groups in total. The number of aromatic nitrogens is 1. The molecule has 0 bridgehead atoms. The van der Waals surface area contributed by atoms with Crippen LogP contribution in [-0.4, -0.2) is 16.1 Å². The van der Waals surface area contributed by atoms with Crippen molar-refractivity contribution in [3.05, 3.63) is 20.2 Å². The molecule has 1 rings (SSSR count). The monoisotopic (exact) mass is 201 g/mol. The highest BCUT2D eigenvalue weighted by molar-refractivity contribution is 7.09. The van der Waals surface area contributed by atoms with Crippen molar-refractivity contribution in [2.24, 2.45) is 0 Å². The summed E-state index contributed by atoms with van der Waals surface area (Å²) in [6.45, 7) is 3.87. The van der Waals surface area contributed by atoms with Gasteiger partial charge in [-0.1, -0.05) is 25.2 Å². The summed E-state index contributed by atoms with van der Waals surface area (Å²) in [7, 11) is 0. The zero-order chi connectivity index (χ0) is 10.0. The summed E-state index contributed by atoms with van der Waals surface area (Å²) >= 11 is 1.09. The normalized spacial score (nSPS) is 10.7. The maximum absolute atomic E-state index is 11.0. The van der Waals surface area contributed by atoms with Crippen LogP contribution in [0.15, 0.2) is 4.79 Å². The predicted octanol–water partition coefficient (Wildman–Crippen LogP) is 1.19. The number of thiazole rings is 1. The molecule has 0 fully saturated rings. The van der Waals surface area contributed by atoms with Crippen molar-refractivity contribution in [1.29, 1.82) is 0 Å². The molecule has 0 atom stereocenters. The van der Waals surface area contributed by atoms with Crippen molar-refractivity contribution in [1.82, 2.24) is 4.98 Å². The first-order chi connectivity index (χ1) is 6.00. The smallest absolute Gasteiger partial charge is 0.309 e. The number of carboxylic acids is 1. The van der Waals surface area contributed by atoms with Gasteiger partial charge in [-0.05, 0) is 5.92 Å². The van der Waals surface area contributed by atoms with Gasteiger partial charge in [0.15, 0.2) is 0 Å². The lowest BCUT2D eigenvalue weighted by atomic mass is 10.1. The minimum Gasteiger partial charge on any atom is -0.481 e. The molecule has 72 valence electrons. The highest BCUT2D eigenvalue weighted by Crippen LogP contribution is 2.20. The fourth-order valence-electron chi connectivity index (χ4n) is 1.12. The number of carbonyl (C=O) groups is 1. The number of hydrogen-bond donors (Lipinski definition) is 2. The molecule has 4 nitrogen and oxygen atoms in total. The number of carboxylic acid groups (broad SMARTS) is 1. The van der Waals surface area contributed by atoms with E-state index in [-0.39, 0.29) is 17.2 Å². The largest absolute Gasteiger partial charge is 0.481 e. The summed E-state index contributed by atoms with van der Waals surface area (Å²) in [5.74, 6) is -0.728. The van der Waals surface area contributed by atoms with Crippen molar-refractivity contribution < 1.29 is 9.90 Å². The van der Waals surface area contributed by atoms with Crippen LogP contribution in [0, 0.1) is 0 Å². The lowest BCUT2D eigenvalue weighted by molar-refractivity contribution is -0.136. The van der Waals surface area contributed by atoms with Crippen LogP contribution in [0.2, 0.25) is 0 Å². The molecule has 0 saturated heterocycles. The average molecular weight is 201 g/mol. The van der Waals surface area contributed by atoms with E-state index in [9.17, 15) is 9.59 Å². The second-order valence-electron chi connectivity index (χ2n) is 3.08. The highest BCUT2D eigenvalue weighted by atomic mass is 32.1. The van der Waals surface area contributed by atoms with E-state index >= 15 is 0 Å². The summed E-state index contributed by atoms with van der Waals surface area (Å²) in [5, 5.41) is 8.56. The maximum atomic E-state index is 11.0. The number of H-pyrrole nitrogens is 1. The molecule has 1 heterocycles. The first-order valence-corrected chi connectivity index (χ1v) is 4.76. The van der Waals surface area contributed by atoms with E-state index in [1.54, 1.807) is 0 Å². The standard InChI is InChI=1S/C8H11NO3S/c1-4(2)7-5(3-6(10)11)9-8(12)13-7/h4H,3H2,1-2H3,(H,9,12)(H,10,11). The van der Waals surface area contributed by atoms with Crippen LogP contribution < -0.4 is 4.87 Å². The van der Waals surface area contributed by atoms with Crippen LogP contribution >= 0.6 is 11.3 Å². The molecule has 0 aliphatic heterocycles. The number of aliphatic carboxylic acids is 1. The van der Waals surface area contributed by atoms with Crippen molar-refractivity contribution in [2.45, 2.75) is 26.2 Å². The molecule has 0 aliphatic rings. The van der Waals surface area contributed by atoms with E-state index in [0.29, 0.717) is 5.69 Å². The molecule has 1 aromatic heterocycles. The SMILES string of the molecule is CC(C)c1sc(=O)[nH]c1CC(=O)O. The van der Waals surface area contributed by atoms with Crippen molar-refractivity contribution in [3.8, 4) is 0 Å². The third-order valence-corrected chi connectivity index (χ3v) is 2.83. The van der Waals surface area contributed by atoms with Gasteiger partial charge in [-0.15, -0.1) is 0 Å². The second kappa shape index (κ2) is 3.74. The molecule has 1 aromatic rings. The van der Waals surface area contributed by atoms with Gasteiger partial charge in [0.1, 0.15) is 0 Å². The molecule has 0 spiro atoms. The fourth-order valence-corrected chi connectivity index (χ4v) is 1.98. The van der Waals surface area contributed by atoms with Gasteiger partial charge in [-0.3, -0.25) is 9.59 Å². The Labute approximate surface area is 79.2 Å². The fraction of sp³-hybridized carbons (Fsp3) is 0.500. The Morgan fingerprint density at radius 1 is 1.62 bits per heavy atom. The van der Waals surface area contributed by atoms with Gasteiger partial charge in [0.05, 0.1) is 6.42 Å².